The molecule has 18 unspecified atom stereocenters. The predicted octanol–water partition coefficient (Wildman–Crippen LogP) is 4.43. The van der Waals surface area contributed by atoms with Crippen molar-refractivity contribution >= 4 is 0 Å². The lowest BCUT2D eigenvalue weighted by atomic mass is 9.87. The fourth-order valence-corrected chi connectivity index (χ4v) is 9.23. The lowest BCUT2D eigenvalue weighted by molar-refractivity contribution is -0.0101. The minimum absolute atomic E-state index is 0.0732. The topological polar surface area (TPSA) is 231 Å². The maximum Gasteiger partial charge on any atom is 0.109 e. The Bertz CT molecular complexity index is 1490. The van der Waals surface area contributed by atoms with E-state index in [0.29, 0.717) is 130 Å². The van der Waals surface area contributed by atoms with Crippen LogP contribution >= 0.6 is 0 Å². The Balaban J connectivity index is 0.000000103. The summed E-state index contributed by atoms with van der Waals surface area (Å²) in [7, 11) is 0. The molecule has 0 amide bonds. The quantitative estimate of drug-likeness (QED) is 0.0690. The Morgan fingerprint density at radius 1 is 0.299 bits per heavy atom. The molecule has 16 rings (SSSR count). The maximum atomic E-state index is 5.56. The van der Waals surface area contributed by atoms with Gasteiger partial charge in [0.2, 0.25) is 0 Å². The van der Waals surface area contributed by atoms with Gasteiger partial charge in [-0.2, -0.15) is 0 Å². The first-order valence-electron chi connectivity index (χ1n) is 30.0. The van der Waals surface area contributed by atoms with Crippen LogP contribution in [0.15, 0.2) is 0 Å². The van der Waals surface area contributed by atoms with Crippen LogP contribution < -0.4 is 0 Å². The van der Waals surface area contributed by atoms with Gasteiger partial charge >= 0.3 is 0 Å². The molecule has 16 fully saturated rings. The zero-order valence-electron chi connectivity index (χ0n) is 46.5. The van der Waals surface area contributed by atoms with Crippen molar-refractivity contribution in [2.24, 2.45) is 11.3 Å². The molecule has 444 valence electrons. The van der Waals surface area contributed by atoms with E-state index in [-0.39, 0.29) is 5.41 Å². The lowest BCUT2D eigenvalue weighted by Crippen LogP contribution is -2.27. The first-order chi connectivity index (χ1) is 37.8. The van der Waals surface area contributed by atoms with Gasteiger partial charge in [-0.3, -0.25) is 0 Å². The van der Waals surface area contributed by atoms with E-state index < -0.39 is 0 Å². The first kappa shape index (κ1) is 59.4. The largest absolute Gasteiger partial charge is 0.379 e. The molecule has 20 nitrogen and oxygen atoms in total. The minimum Gasteiger partial charge on any atom is -0.379 e. The third-order valence-corrected chi connectivity index (χ3v) is 15.4. The summed E-state index contributed by atoms with van der Waals surface area (Å²) >= 11 is 0. The van der Waals surface area contributed by atoms with Crippen molar-refractivity contribution in [3.05, 3.63) is 0 Å². The number of ether oxygens (including phenoxy) is 20. The number of rotatable bonds is 31. The summed E-state index contributed by atoms with van der Waals surface area (Å²) in [5, 5.41) is 0. The Hall–Kier alpha value is -0.800. The van der Waals surface area contributed by atoms with Gasteiger partial charge in [0.1, 0.15) is 48.8 Å². The fourth-order valence-electron chi connectivity index (χ4n) is 9.23. The third-order valence-electron chi connectivity index (χ3n) is 15.4. The van der Waals surface area contributed by atoms with Crippen molar-refractivity contribution in [3.63, 3.8) is 0 Å². The number of epoxide rings is 14. The van der Waals surface area contributed by atoms with Crippen molar-refractivity contribution in [2.75, 3.05) is 152 Å². The fraction of sp³-hybridized carbons (Fsp3) is 1.00. The van der Waals surface area contributed by atoms with Gasteiger partial charge in [0, 0.05) is 18.6 Å². The molecule has 2 aliphatic carbocycles. The Labute approximate surface area is 457 Å². The van der Waals surface area contributed by atoms with Crippen LogP contribution in [0.4, 0.5) is 0 Å². The Morgan fingerprint density at radius 2 is 0.597 bits per heavy atom. The molecule has 14 saturated heterocycles. The molecule has 0 aromatic carbocycles. The molecule has 77 heavy (non-hydrogen) atoms. The summed E-state index contributed by atoms with van der Waals surface area (Å²) in [6.07, 6.45) is 25.0. The van der Waals surface area contributed by atoms with Crippen molar-refractivity contribution in [1.82, 2.24) is 0 Å². The summed E-state index contributed by atoms with van der Waals surface area (Å²) in [6.45, 7) is 23.2. The molecule has 14 aliphatic heterocycles. The van der Waals surface area contributed by atoms with Crippen LogP contribution in [-0.2, 0) is 94.7 Å². The summed E-state index contributed by atoms with van der Waals surface area (Å²) in [5.41, 5.74) is 0.0732. The van der Waals surface area contributed by atoms with Crippen molar-refractivity contribution in [2.45, 2.75) is 201 Å². The molecule has 0 radical (unpaired) electrons. The van der Waals surface area contributed by atoms with E-state index in [2.05, 4.69) is 13.8 Å². The van der Waals surface area contributed by atoms with E-state index in [4.69, 9.17) is 94.7 Å². The van der Waals surface area contributed by atoms with Crippen molar-refractivity contribution in [1.29, 1.82) is 0 Å². The van der Waals surface area contributed by atoms with E-state index in [9.17, 15) is 0 Å². The molecule has 0 bridgehead atoms. The van der Waals surface area contributed by atoms with Crippen molar-refractivity contribution in [3.8, 4) is 0 Å². The predicted molar refractivity (Wildman–Crippen MR) is 275 cm³/mol. The minimum atomic E-state index is 0.0732. The molecule has 2 saturated carbocycles. The zero-order valence-corrected chi connectivity index (χ0v) is 46.5. The third kappa shape index (κ3) is 28.8. The van der Waals surface area contributed by atoms with E-state index in [1.165, 1.54) is 70.6 Å². The summed E-state index contributed by atoms with van der Waals surface area (Å²) in [4.78, 5) is 0. The second-order valence-electron chi connectivity index (χ2n) is 24.1. The number of unbranched alkanes of at least 4 members (excludes halogenated alkanes) is 2. The van der Waals surface area contributed by atoms with Crippen LogP contribution in [0.5, 0.6) is 0 Å². The van der Waals surface area contributed by atoms with E-state index in [1.807, 2.05) is 0 Å². The molecule has 0 spiro atoms. The Kier molecular flexibility index (Phi) is 24.1. The van der Waals surface area contributed by atoms with Gasteiger partial charge in [0.05, 0.1) is 194 Å². The van der Waals surface area contributed by atoms with Crippen LogP contribution in [0.25, 0.3) is 0 Å². The summed E-state index contributed by atoms with van der Waals surface area (Å²) in [5.74, 6) is 0.837. The average Bonchev–Trinajstić information content (AvgIpc) is 4.26. The standard InChI is InChI=1S/C11H20O4.C10H18O4.C8H14O4.2C8H12O2.C8H14O2.C4H6O2/c1-11(2,7-12-3-9-5-14-9)8-13-4-10-6-15-10;1(3-11-5-9-7-13-9)2-4-12-6-10-8-14-10;1(9-3-7-5-11-7)2-10-4-8-6-12-8;1-2-6-7(10-6)3-5(1)8-4-9-8;1-2-6-8(10-6)4-3-7-5(1)9-7;1(3-7-5-9-7)2-4-8-6-10-8;1-3(5-1)4-2-6-4/h9-10H,3-8H2,1-2H3;9-10H,1-8H2;7-8H,1-6H2;2*5-8H,1-4H2;7-8H,1-6H2;3-4H,1-2H2. The van der Waals surface area contributed by atoms with Gasteiger partial charge in [-0.15, -0.1) is 0 Å². The summed E-state index contributed by atoms with van der Waals surface area (Å²) in [6, 6.07) is 0. The average molecular weight is 1100 g/mol. The molecule has 0 N–H and O–H groups in total. The second-order valence-corrected chi connectivity index (χ2v) is 24.1. The lowest BCUT2D eigenvalue weighted by Gasteiger charge is -2.23. The van der Waals surface area contributed by atoms with Crippen LogP contribution in [0, 0.1) is 11.3 Å². The molecular formula is C57H96O20. The molecule has 0 aromatic rings. The van der Waals surface area contributed by atoms with Gasteiger partial charge in [-0.1, -0.05) is 26.7 Å². The van der Waals surface area contributed by atoms with Gasteiger partial charge in [-0.25, -0.2) is 0 Å². The molecule has 14 heterocycles. The molecular weight excluding hydrogens is 1000 g/mol. The van der Waals surface area contributed by atoms with Crippen molar-refractivity contribution < 1.29 is 94.7 Å². The normalized spacial score (nSPS) is 39.7. The molecule has 0 aromatic heterocycles. The monoisotopic (exact) mass is 1100 g/mol. The van der Waals surface area contributed by atoms with Gasteiger partial charge in [0.25, 0.3) is 0 Å². The van der Waals surface area contributed by atoms with Crippen LogP contribution in [0.2, 0.25) is 0 Å². The van der Waals surface area contributed by atoms with Gasteiger partial charge in [-0.05, 0) is 76.5 Å². The number of hydrogen-bond acceptors (Lipinski definition) is 20. The van der Waals surface area contributed by atoms with E-state index in [1.54, 1.807) is 0 Å². The smallest absolute Gasteiger partial charge is 0.109 e. The highest BCUT2D eigenvalue weighted by atomic mass is 16.7. The number of fused-ring (bicyclic) bond motifs is 3. The molecule has 16 aliphatic rings. The van der Waals surface area contributed by atoms with E-state index >= 15 is 0 Å². The number of hydrogen-bond donors (Lipinski definition) is 0. The highest BCUT2D eigenvalue weighted by Crippen LogP contribution is 2.44. The Morgan fingerprint density at radius 3 is 0.922 bits per heavy atom. The van der Waals surface area contributed by atoms with Gasteiger partial charge in [0.15, 0.2) is 0 Å². The first-order valence-corrected chi connectivity index (χ1v) is 30.0. The second kappa shape index (κ2) is 31.2. The maximum absolute atomic E-state index is 5.56. The van der Waals surface area contributed by atoms with Gasteiger partial charge < -0.3 is 94.7 Å². The highest BCUT2D eigenvalue weighted by Gasteiger charge is 2.49. The van der Waals surface area contributed by atoms with E-state index in [0.717, 1.165) is 144 Å². The molecule has 20 heteroatoms. The summed E-state index contributed by atoms with van der Waals surface area (Å²) < 4.78 is 104. The zero-order chi connectivity index (χ0) is 52.5. The SMILES string of the molecule is C(CCC1CO1)CC1CO1.C(CCOCC1CO1)COCC1CO1.C(COCC1CO1)OCC1CO1.C1CC2OC2CC1C1CO1.C1CC2OC2CCC2OC12.C1OC1C1CO1.CC(C)(COCC1CO1)COCC1CO1. The van der Waals surface area contributed by atoms with Crippen LogP contribution in [0.1, 0.15) is 97.3 Å². The van der Waals surface area contributed by atoms with Crippen LogP contribution in [0.3, 0.4) is 0 Å². The van der Waals surface area contributed by atoms with Crippen LogP contribution in [-0.4, -0.2) is 256 Å². The molecule has 18 atom stereocenters. The highest BCUT2D eigenvalue weighted by molar-refractivity contribution is 4.97.